The van der Waals surface area contributed by atoms with Crippen molar-refractivity contribution in [3.63, 3.8) is 0 Å². The molecule has 0 saturated carbocycles. The van der Waals surface area contributed by atoms with Crippen LogP contribution in [0.25, 0.3) is 107 Å². The number of hydrogen-bond acceptors (Lipinski definition) is 17. The minimum Gasteiger partial charge on any atom is -0.485 e. The third-order valence-electron chi connectivity index (χ3n) is 20.1. The van der Waals surface area contributed by atoms with Gasteiger partial charge in [-0.15, -0.1) is 45.3 Å². The minimum absolute atomic E-state index is 0.114. The Morgan fingerprint density at radius 2 is 0.737 bits per heavy atom. The zero-order chi connectivity index (χ0) is 67.8. The van der Waals surface area contributed by atoms with Crippen molar-refractivity contribution in [3.8, 4) is 108 Å². The molecule has 0 unspecified atom stereocenters. The Labute approximate surface area is 592 Å². The maximum Gasteiger partial charge on any atom is 0.303 e. The van der Waals surface area contributed by atoms with Gasteiger partial charge in [0.15, 0.2) is 23.0 Å². The fraction of sp³-hybridized carbons (Fsp3) is 0.333. The highest BCUT2D eigenvalue weighted by Gasteiger charge is 2.45. The second-order valence-electron chi connectivity index (χ2n) is 26.1. The van der Waals surface area contributed by atoms with Gasteiger partial charge in [0.05, 0.1) is 52.1 Å². The van der Waals surface area contributed by atoms with E-state index in [0.29, 0.717) is 108 Å². The highest BCUT2D eigenvalue weighted by atomic mass is 32.1. The van der Waals surface area contributed by atoms with Gasteiger partial charge in [-0.25, -0.2) is 9.97 Å². The summed E-state index contributed by atoms with van der Waals surface area (Å²) in [5.41, 5.74) is 15.8. The van der Waals surface area contributed by atoms with Crippen molar-refractivity contribution in [2.75, 3.05) is 26.4 Å². The number of thiophene rings is 4. The smallest absolute Gasteiger partial charge is 0.303 e. The van der Waals surface area contributed by atoms with Crippen LogP contribution in [0, 0.1) is 0 Å². The Kier molecular flexibility index (Phi) is 18.9. The Hall–Kier alpha value is -8.86. The summed E-state index contributed by atoms with van der Waals surface area (Å²) in [4.78, 5) is 63.6. The number of hydrogen-bond donors (Lipinski definition) is 4. The number of unbranched alkanes of at least 4 members (excludes halogenated alkanes) is 8. The molecular formula is C78H72N4O12S5. The van der Waals surface area contributed by atoms with E-state index in [9.17, 15) is 39.6 Å². The van der Waals surface area contributed by atoms with Crippen LogP contribution in [-0.2, 0) is 30.0 Å². The maximum atomic E-state index is 11.7. The molecule has 0 fully saturated rings. The van der Waals surface area contributed by atoms with E-state index in [1.165, 1.54) is 33.4 Å². The summed E-state index contributed by atoms with van der Waals surface area (Å²) in [6, 6.07) is 38.9. The first kappa shape index (κ1) is 66.0. The Morgan fingerprint density at radius 1 is 0.384 bits per heavy atom. The number of aromatic nitrogens is 4. The molecule has 0 bridgehead atoms. The number of rotatable bonds is 30. The fourth-order valence-corrected chi connectivity index (χ4v) is 20.2. The van der Waals surface area contributed by atoms with E-state index < -0.39 is 34.7 Å². The lowest BCUT2D eigenvalue weighted by molar-refractivity contribution is -0.138. The minimum atomic E-state index is -0.799. The quantitative estimate of drug-likeness (QED) is 0.0306. The molecule has 16 nitrogen and oxygen atoms in total. The van der Waals surface area contributed by atoms with Crippen molar-refractivity contribution in [1.82, 2.24) is 18.7 Å². The molecule has 0 spiro atoms. The third kappa shape index (κ3) is 12.5. The zero-order valence-electron chi connectivity index (χ0n) is 54.4. The highest BCUT2D eigenvalue weighted by Crippen LogP contribution is 2.63. The molecule has 6 aromatic heterocycles. The molecule has 4 N–H and O–H groups in total. The third-order valence-corrected chi connectivity index (χ3v) is 24.8. The van der Waals surface area contributed by atoms with Crippen molar-refractivity contribution in [1.29, 1.82) is 0 Å². The Balaban J connectivity index is 0.903. The lowest BCUT2D eigenvalue weighted by Gasteiger charge is -2.33. The molecule has 0 atom stereocenters. The van der Waals surface area contributed by atoms with E-state index in [0.717, 1.165) is 152 Å². The molecule has 11 aromatic rings. The summed E-state index contributed by atoms with van der Waals surface area (Å²) >= 11 is 7.46. The molecule has 5 aromatic carbocycles. The van der Waals surface area contributed by atoms with E-state index in [1.54, 1.807) is 45.3 Å². The highest BCUT2D eigenvalue weighted by molar-refractivity contribution is 7.20. The van der Waals surface area contributed by atoms with Gasteiger partial charge >= 0.3 is 23.9 Å². The SMILES string of the molecule is O=C(O)CCCCCC1(CCCCCC(=O)O)c2ccccc2-c2ccc(-c3sc(-c4c5nsnc5c(-c5sc(-c6ccc7c(c6)C(CCCCCC(=O)O)(CCCCCC(=O)O)c6ccccc6-7)c6c5OCCO6)c5nc(-c6cccs6)c(-c6cccs6)nc45)c4c3OCCO4)cc21. The van der Waals surface area contributed by atoms with E-state index in [4.69, 9.17) is 37.7 Å². The largest absolute Gasteiger partial charge is 0.485 e. The number of nitrogens with zero attached hydrogens (tertiary/aromatic N) is 4. The first-order valence-electron chi connectivity index (χ1n) is 34.2. The van der Waals surface area contributed by atoms with Crippen LogP contribution in [0.3, 0.4) is 0 Å². The second kappa shape index (κ2) is 28.4. The molecule has 0 radical (unpaired) electrons. The predicted octanol–water partition coefficient (Wildman–Crippen LogP) is 20.1. The van der Waals surface area contributed by atoms with Crippen LogP contribution in [0.4, 0.5) is 0 Å². The van der Waals surface area contributed by atoms with Gasteiger partial charge in [0.1, 0.15) is 59.9 Å². The van der Waals surface area contributed by atoms with Crippen LogP contribution in [0.2, 0.25) is 0 Å². The van der Waals surface area contributed by atoms with E-state index in [2.05, 4.69) is 108 Å². The molecule has 15 rings (SSSR count). The van der Waals surface area contributed by atoms with Crippen LogP contribution < -0.4 is 18.9 Å². The van der Waals surface area contributed by atoms with Crippen molar-refractivity contribution >= 4 is 103 Å². The first-order valence-corrected chi connectivity index (χ1v) is 38.3. The number of benzene rings is 5. The van der Waals surface area contributed by atoms with Crippen LogP contribution in [0.15, 0.2) is 120 Å². The van der Waals surface area contributed by atoms with Gasteiger partial charge in [0, 0.05) is 36.5 Å². The number of carboxylic acid groups (broad SMARTS) is 4. The second-order valence-corrected chi connectivity index (χ2v) is 30.6. The van der Waals surface area contributed by atoms with Crippen LogP contribution in [0.5, 0.6) is 23.0 Å². The van der Waals surface area contributed by atoms with E-state index >= 15 is 0 Å². The van der Waals surface area contributed by atoms with Crippen molar-refractivity contribution in [3.05, 3.63) is 142 Å². The fourth-order valence-electron chi connectivity index (χ4n) is 15.8. The monoisotopic (exact) mass is 1420 g/mol. The van der Waals surface area contributed by atoms with Gasteiger partial charge in [-0.2, -0.15) is 8.75 Å². The summed E-state index contributed by atoms with van der Waals surface area (Å²) in [5, 5.41) is 42.5. The number of carbonyl (C=O) groups is 4. The summed E-state index contributed by atoms with van der Waals surface area (Å²) < 4.78 is 37.8. The van der Waals surface area contributed by atoms with Gasteiger partial charge in [-0.1, -0.05) is 136 Å². The molecular weight excluding hydrogens is 1350 g/mol. The van der Waals surface area contributed by atoms with Crippen LogP contribution >= 0.6 is 57.1 Å². The van der Waals surface area contributed by atoms with Crippen molar-refractivity contribution < 1.29 is 58.6 Å². The van der Waals surface area contributed by atoms with Crippen LogP contribution in [-0.4, -0.2) is 89.4 Å². The molecule has 2 aliphatic carbocycles. The van der Waals surface area contributed by atoms with Gasteiger partial charge in [0.25, 0.3) is 0 Å². The average molecular weight is 1420 g/mol. The van der Waals surface area contributed by atoms with Gasteiger partial charge in [-0.3, -0.25) is 19.2 Å². The lowest BCUT2D eigenvalue weighted by atomic mass is 9.70. The molecule has 506 valence electrons. The molecule has 4 aliphatic rings. The normalized spacial score (nSPS) is 14.3. The molecule has 2 aliphatic heterocycles. The predicted molar refractivity (Wildman–Crippen MR) is 392 cm³/mol. The van der Waals surface area contributed by atoms with Crippen LogP contribution in [0.1, 0.15) is 151 Å². The summed E-state index contributed by atoms with van der Waals surface area (Å²) in [7, 11) is 0. The molecule has 99 heavy (non-hydrogen) atoms. The van der Waals surface area contributed by atoms with Crippen molar-refractivity contribution in [2.24, 2.45) is 0 Å². The number of fused-ring (bicyclic) bond motifs is 10. The summed E-state index contributed by atoms with van der Waals surface area (Å²) in [6.07, 6.45) is 12.3. The Bertz CT molecular complexity index is 4550. The standard InChI is InChI=1S/C78H72N4O12S5/c83-57(84)25-5-1-13-33-77(34-14-2-6-26-58(85)86)51-21-11-9-19-47(51)49-31-29-45(43-53(49)77)73-69-71(93-39-37-91-69)75(97-73)61-65-66(80-64(56-24-18-42-96-56)63(79-65)55-23-17-41-95-55)62(68-67(61)81-99-82-68)76-72-70(92-38-40-94-72)74(98-76)46-30-32-50-48-20-10-12-22-52(48)78(54(50)44-46,35-15-3-7-27-59(87)88)36-16-4-8-28-60(89)90/h9-12,17-24,29-32,41-44H,1-8,13-16,25-28,33-40H2,(H,83,84)(H,85,86)(H,87,88)(H,89,90). The number of ether oxygens (including phenoxy) is 4. The lowest BCUT2D eigenvalue weighted by Crippen LogP contribution is -2.25. The van der Waals surface area contributed by atoms with Gasteiger partial charge in [0.2, 0.25) is 0 Å². The summed E-state index contributed by atoms with van der Waals surface area (Å²) in [5.74, 6) is -0.777. The van der Waals surface area contributed by atoms with Gasteiger partial charge in [-0.05, 0) is 142 Å². The zero-order valence-corrected chi connectivity index (χ0v) is 58.5. The molecule has 0 saturated heterocycles. The topological polar surface area (TPSA) is 238 Å². The van der Waals surface area contributed by atoms with Gasteiger partial charge < -0.3 is 39.4 Å². The number of carboxylic acids is 4. The number of aliphatic carboxylic acids is 4. The molecule has 8 heterocycles. The Morgan fingerprint density at radius 3 is 1.09 bits per heavy atom. The van der Waals surface area contributed by atoms with Crippen molar-refractivity contribution in [2.45, 2.75) is 139 Å². The first-order chi connectivity index (χ1) is 48.4. The average Bonchev–Trinajstić information content (AvgIpc) is 1.60. The van der Waals surface area contributed by atoms with E-state index in [1.807, 2.05) is 12.1 Å². The molecule has 0 amide bonds. The van der Waals surface area contributed by atoms with E-state index in [-0.39, 0.29) is 25.7 Å². The maximum absolute atomic E-state index is 11.7. The molecule has 21 heteroatoms. The summed E-state index contributed by atoms with van der Waals surface area (Å²) in [6.45, 7) is 1.28.